The fourth-order valence-electron chi connectivity index (χ4n) is 2.96. The van der Waals surface area contributed by atoms with Crippen molar-refractivity contribution in [2.45, 2.75) is 45.0 Å². The highest BCUT2D eigenvalue weighted by Crippen LogP contribution is 2.25. The standard InChI is InChI=1S/C22H25FN4O2S/c1-4-16-9-11-19(12-10-16)29-15(3)21-25-26-22(27(21)5-2)30-14-20(28)24-18-8-6-7-17(23)13-18/h6-13,15H,4-5,14H2,1-3H3,(H,24,28)/t15-/m0/s1. The van der Waals surface area contributed by atoms with Gasteiger partial charge in [0.25, 0.3) is 0 Å². The van der Waals surface area contributed by atoms with Crippen molar-refractivity contribution in [1.82, 2.24) is 14.8 Å². The van der Waals surface area contributed by atoms with Crippen LogP contribution in [0.25, 0.3) is 0 Å². The quantitative estimate of drug-likeness (QED) is 0.493. The molecule has 3 rings (SSSR count). The monoisotopic (exact) mass is 428 g/mol. The molecular formula is C22H25FN4O2S. The first kappa shape index (κ1) is 21.8. The Labute approximate surface area is 179 Å². The molecule has 1 N–H and O–H groups in total. The molecule has 1 atom stereocenters. The third-order valence-corrected chi connectivity index (χ3v) is 5.48. The number of thioether (sulfide) groups is 1. The fourth-order valence-corrected chi connectivity index (χ4v) is 3.77. The maximum Gasteiger partial charge on any atom is 0.234 e. The van der Waals surface area contributed by atoms with E-state index >= 15 is 0 Å². The zero-order valence-corrected chi connectivity index (χ0v) is 18.1. The van der Waals surface area contributed by atoms with Gasteiger partial charge in [-0.15, -0.1) is 10.2 Å². The lowest BCUT2D eigenvalue weighted by Gasteiger charge is -2.16. The van der Waals surface area contributed by atoms with Crippen molar-refractivity contribution >= 4 is 23.4 Å². The van der Waals surface area contributed by atoms with Crippen molar-refractivity contribution in [3.05, 3.63) is 65.7 Å². The van der Waals surface area contributed by atoms with Crippen LogP contribution in [0, 0.1) is 5.82 Å². The summed E-state index contributed by atoms with van der Waals surface area (Å²) in [7, 11) is 0. The smallest absolute Gasteiger partial charge is 0.234 e. The first-order valence-electron chi connectivity index (χ1n) is 9.87. The number of ether oxygens (including phenoxy) is 1. The molecule has 30 heavy (non-hydrogen) atoms. The molecule has 6 nitrogen and oxygen atoms in total. The Balaban J connectivity index is 1.62. The van der Waals surface area contributed by atoms with Crippen molar-refractivity contribution in [2.75, 3.05) is 11.1 Å². The van der Waals surface area contributed by atoms with Crippen LogP contribution in [-0.4, -0.2) is 26.4 Å². The highest BCUT2D eigenvalue weighted by Gasteiger charge is 2.19. The van der Waals surface area contributed by atoms with Gasteiger partial charge in [0.1, 0.15) is 11.6 Å². The fraction of sp³-hybridized carbons (Fsp3) is 0.318. The summed E-state index contributed by atoms with van der Waals surface area (Å²) in [6, 6.07) is 13.8. The summed E-state index contributed by atoms with van der Waals surface area (Å²) < 4.78 is 21.2. The van der Waals surface area contributed by atoms with Crippen molar-refractivity contribution in [2.24, 2.45) is 0 Å². The second-order valence-corrected chi connectivity index (χ2v) is 7.63. The van der Waals surface area contributed by atoms with E-state index in [4.69, 9.17) is 4.74 Å². The number of rotatable bonds is 9. The van der Waals surface area contributed by atoms with Crippen LogP contribution in [0.1, 0.15) is 38.3 Å². The second kappa shape index (κ2) is 10.2. The van der Waals surface area contributed by atoms with E-state index in [0.29, 0.717) is 23.2 Å². The number of carbonyl (C=O) groups excluding carboxylic acids is 1. The van der Waals surface area contributed by atoms with E-state index in [0.717, 1.165) is 12.2 Å². The van der Waals surface area contributed by atoms with Crippen LogP contribution in [0.5, 0.6) is 5.75 Å². The van der Waals surface area contributed by atoms with Crippen LogP contribution in [0.15, 0.2) is 53.7 Å². The largest absolute Gasteiger partial charge is 0.483 e. The number of nitrogens with zero attached hydrogens (tertiary/aromatic N) is 3. The Morgan fingerprint density at radius 2 is 1.97 bits per heavy atom. The van der Waals surface area contributed by atoms with Gasteiger partial charge in [0.15, 0.2) is 17.1 Å². The summed E-state index contributed by atoms with van der Waals surface area (Å²) in [5.41, 5.74) is 1.68. The molecule has 3 aromatic rings. The second-order valence-electron chi connectivity index (χ2n) is 6.69. The molecule has 0 aliphatic carbocycles. The molecule has 1 heterocycles. The number of aromatic nitrogens is 3. The van der Waals surface area contributed by atoms with Crippen LogP contribution >= 0.6 is 11.8 Å². The maximum absolute atomic E-state index is 13.2. The number of halogens is 1. The van der Waals surface area contributed by atoms with Gasteiger partial charge in [-0.2, -0.15) is 0 Å². The predicted molar refractivity (Wildman–Crippen MR) is 116 cm³/mol. The average Bonchev–Trinajstić information content (AvgIpc) is 3.16. The number of hydrogen-bond donors (Lipinski definition) is 1. The first-order valence-corrected chi connectivity index (χ1v) is 10.9. The molecule has 1 amide bonds. The average molecular weight is 429 g/mol. The Bertz CT molecular complexity index is 991. The van der Waals surface area contributed by atoms with Gasteiger partial charge in [-0.25, -0.2) is 4.39 Å². The van der Waals surface area contributed by atoms with Gasteiger partial charge in [-0.05, 0) is 56.2 Å². The van der Waals surface area contributed by atoms with E-state index < -0.39 is 5.82 Å². The van der Waals surface area contributed by atoms with Gasteiger partial charge in [-0.3, -0.25) is 4.79 Å². The minimum atomic E-state index is -0.394. The van der Waals surface area contributed by atoms with E-state index in [9.17, 15) is 9.18 Å². The maximum atomic E-state index is 13.2. The highest BCUT2D eigenvalue weighted by atomic mass is 32.2. The minimum absolute atomic E-state index is 0.141. The van der Waals surface area contributed by atoms with E-state index in [1.54, 1.807) is 12.1 Å². The molecule has 0 saturated heterocycles. The molecule has 0 saturated carbocycles. The van der Waals surface area contributed by atoms with Gasteiger partial charge >= 0.3 is 0 Å². The van der Waals surface area contributed by atoms with Gasteiger partial charge in [-0.1, -0.05) is 36.9 Å². The number of nitrogens with one attached hydrogen (secondary N) is 1. The molecule has 0 unspecified atom stereocenters. The lowest BCUT2D eigenvalue weighted by Crippen LogP contribution is -2.15. The number of anilines is 1. The summed E-state index contributed by atoms with van der Waals surface area (Å²) in [6.45, 7) is 6.68. The van der Waals surface area contributed by atoms with E-state index in [1.807, 2.05) is 42.7 Å². The molecule has 0 fully saturated rings. The van der Waals surface area contributed by atoms with Gasteiger partial charge in [0, 0.05) is 12.2 Å². The number of carbonyl (C=O) groups is 1. The SMILES string of the molecule is CCc1ccc(O[C@@H](C)c2nnc(SCC(=O)Nc3cccc(F)c3)n2CC)cc1. The van der Waals surface area contributed by atoms with Crippen molar-refractivity contribution in [3.63, 3.8) is 0 Å². The van der Waals surface area contributed by atoms with Crippen LogP contribution < -0.4 is 10.1 Å². The lowest BCUT2D eigenvalue weighted by molar-refractivity contribution is -0.113. The number of aryl methyl sites for hydroxylation is 1. The molecule has 0 spiro atoms. The Morgan fingerprint density at radius 1 is 1.20 bits per heavy atom. The van der Waals surface area contributed by atoms with E-state index in [2.05, 4.69) is 22.4 Å². The van der Waals surface area contributed by atoms with Crippen molar-refractivity contribution < 1.29 is 13.9 Å². The summed E-state index contributed by atoms with van der Waals surface area (Å²) in [4.78, 5) is 12.2. The lowest BCUT2D eigenvalue weighted by atomic mass is 10.2. The van der Waals surface area contributed by atoms with Crippen molar-refractivity contribution in [1.29, 1.82) is 0 Å². The normalized spacial score (nSPS) is 11.9. The molecule has 2 aromatic carbocycles. The minimum Gasteiger partial charge on any atom is -0.483 e. The Kier molecular flexibility index (Phi) is 7.46. The summed E-state index contributed by atoms with van der Waals surface area (Å²) in [5, 5.41) is 11.8. The zero-order chi connectivity index (χ0) is 21.5. The first-order chi connectivity index (χ1) is 14.5. The summed E-state index contributed by atoms with van der Waals surface area (Å²) in [5.74, 6) is 0.980. The van der Waals surface area contributed by atoms with Crippen molar-refractivity contribution in [3.8, 4) is 5.75 Å². The third kappa shape index (κ3) is 5.60. The van der Waals surface area contributed by atoms with E-state index in [-0.39, 0.29) is 17.8 Å². The van der Waals surface area contributed by atoms with Crippen LogP contribution in [0.3, 0.4) is 0 Å². The third-order valence-electron chi connectivity index (χ3n) is 4.51. The van der Waals surface area contributed by atoms with Gasteiger partial charge in [0.05, 0.1) is 5.75 Å². The number of benzene rings is 2. The molecule has 0 aliphatic rings. The molecule has 0 bridgehead atoms. The van der Waals surface area contributed by atoms with E-state index in [1.165, 1.54) is 29.5 Å². The van der Waals surface area contributed by atoms with Crippen LogP contribution in [0.4, 0.5) is 10.1 Å². The summed E-state index contributed by atoms with van der Waals surface area (Å²) in [6.07, 6.45) is 0.688. The number of hydrogen-bond acceptors (Lipinski definition) is 5. The highest BCUT2D eigenvalue weighted by molar-refractivity contribution is 7.99. The van der Waals surface area contributed by atoms with Gasteiger partial charge < -0.3 is 14.6 Å². The molecule has 0 aliphatic heterocycles. The predicted octanol–water partition coefficient (Wildman–Crippen LogP) is 4.87. The van der Waals surface area contributed by atoms with Gasteiger partial charge in [0.2, 0.25) is 5.91 Å². The molecule has 8 heteroatoms. The molecule has 0 radical (unpaired) electrons. The molecule has 1 aromatic heterocycles. The zero-order valence-electron chi connectivity index (χ0n) is 17.3. The number of amides is 1. The molecular weight excluding hydrogens is 403 g/mol. The Morgan fingerprint density at radius 3 is 2.63 bits per heavy atom. The summed E-state index contributed by atoms with van der Waals surface area (Å²) >= 11 is 1.28. The Hall–Kier alpha value is -2.87. The van der Waals surface area contributed by atoms with Crippen LogP contribution in [0.2, 0.25) is 0 Å². The van der Waals surface area contributed by atoms with Crippen LogP contribution in [-0.2, 0) is 17.8 Å². The topological polar surface area (TPSA) is 69.0 Å². The molecule has 158 valence electrons.